The Labute approximate surface area is 141 Å². The Morgan fingerprint density at radius 2 is 1.61 bits per heavy atom. The molecule has 0 spiro atoms. The van der Waals surface area contributed by atoms with Crippen LogP contribution in [0.2, 0.25) is 3.72 Å². The molecule has 18 heavy (non-hydrogen) atoms. The Morgan fingerprint density at radius 3 is 2.33 bits per heavy atom. The van der Waals surface area contributed by atoms with E-state index in [1.165, 1.54) is 25.7 Å². The third-order valence-corrected chi connectivity index (χ3v) is 6.05. The monoisotopic (exact) mass is 340 g/mol. The molecule has 0 N–H and O–H groups in total. The summed E-state index contributed by atoms with van der Waals surface area (Å²) in [6.45, 7) is 2.50. The minimum atomic E-state index is 0. The van der Waals surface area contributed by atoms with Crippen molar-refractivity contribution in [3.05, 3.63) is 24.3 Å². The van der Waals surface area contributed by atoms with Gasteiger partial charge in [0.2, 0.25) is 0 Å². The molecular formula is C14H19Cl3Ti. The molecule has 3 rings (SSSR count). The Hall–Kier alpha value is 1.06. The fraction of sp³-hybridized carbons (Fsp3) is 0.714. The fourth-order valence-electron chi connectivity index (χ4n) is 4.25. The molecule has 100 valence electrons. The number of halogens is 3. The van der Waals surface area contributed by atoms with Crippen molar-refractivity contribution in [1.82, 2.24) is 0 Å². The van der Waals surface area contributed by atoms with Gasteiger partial charge in [-0.05, 0) is 0 Å². The van der Waals surface area contributed by atoms with Gasteiger partial charge in [0, 0.05) is 0 Å². The summed E-state index contributed by atoms with van der Waals surface area (Å²) in [5, 5.41) is 0. The number of rotatable bonds is 0. The maximum Gasteiger partial charge on any atom is -1.00 e. The normalized spacial score (nSPS) is 43.9. The average molecular weight is 342 g/mol. The van der Waals surface area contributed by atoms with Gasteiger partial charge < -0.3 is 37.2 Å². The van der Waals surface area contributed by atoms with Crippen molar-refractivity contribution in [1.29, 1.82) is 0 Å². The smallest absolute Gasteiger partial charge is 1.00 e. The molecule has 3 aliphatic carbocycles. The number of hydrogen-bond acceptors (Lipinski definition) is 0. The predicted octanol–water partition coefficient (Wildman–Crippen LogP) is -5.10. The van der Waals surface area contributed by atoms with E-state index in [2.05, 4.69) is 51.7 Å². The Balaban J connectivity index is 0.000000963. The standard InChI is InChI=1S/C14H19.3ClH.Ti/c1-10-11-6-2-4-8-13(11)14-9-5-3-7-12(10)14;;;;/h2,4,6,8,11-14H,3,5,7,9H2,1H3;3*1H;/q;;;;+3/p-3. The van der Waals surface area contributed by atoms with Gasteiger partial charge in [0.15, 0.2) is 0 Å². The van der Waals surface area contributed by atoms with Gasteiger partial charge in [0.1, 0.15) is 0 Å². The van der Waals surface area contributed by atoms with Crippen molar-refractivity contribution in [3.63, 3.8) is 0 Å². The molecule has 2 fully saturated rings. The van der Waals surface area contributed by atoms with E-state index in [4.69, 9.17) is 0 Å². The van der Waals surface area contributed by atoms with Crippen LogP contribution in [0.15, 0.2) is 24.3 Å². The van der Waals surface area contributed by atoms with E-state index < -0.39 is 0 Å². The second kappa shape index (κ2) is 7.18. The maximum atomic E-state index is 2.50. The number of fused-ring (bicyclic) bond motifs is 3. The van der Waals surface area contributed by atoms with Gasteiger partial charge in [0.05, 0.1) is 0 Å². The Kier molecular flexibility index (Phi) is 7.61. The Morgan fingerprint density at radius 1 is 1.00 bits per heavy atom. The van der Waals surface area contributed by atoms with Crippen molar-refractivity contribution in [2.45, 2.75) is 36.3 Å². The molecule has 0 aromatic carbocycles. The van der Waals surface area contributed by atoms with Crippen LogP contribution in [0, 0.1) is 23.7 Å². The van der Waals surface area contributed by atoms with Gasteiger partial charge in [-0.1, -0.05) is 0 Å². The van der Waals surface area contributed by atoms with E-state index in [0.717, 1.165) is 23.7 Å². The molecule has 0 saturated heterocycles. The summed E-state index contributed by atoms with van der Waals surface area (Å²) in [5.41, 5.74) is 0. The van der Waals surface area contributed by atoms with Crippen molar-refractivity contribution in [2.24, 2.45) is 23.7 Å². The molecular weight excluding hydrogens is 322 g/mol. The quantitative estimate of drug-likeness (QED) is 0.387. The van der Waals surface area contributed by atoms with Gasteiger partial charge in [-0.25, -0.2) is 0 Å². The van der Waals surface area contributed by atoms with Crippen LogP contribution < -0.4 is 37.2 Å². The predicted molar refractivity (Wildman–Crippen MR) is 59.1 cm³/mol. The zero-order valence-corrected chi connectivity index (χ0v) is 14.4. The van der Waals surface area contributed by atoms with E-state index in [-0.39, 0.29) is 37.2 Å². The number of allylic oxidation sites excluding steroid dienone is 4. The molecule has 2 saturated carbocycles. The van der Waals surface area contributed by atoms with E-state index in [0.29, 0.717) is 3.72 Å². The van der Waals surface area contributed by atoms with Crippen LogP contribution in [0.3, 0.4) is 0 Å². The van der Waals surface area contributed by atoms with Crippen LogP contribution in [-0.4, -0.2) is 0 Å². The second-order valence-electron chi connectivity index (χ2n) is 5.71. The summed E-state index contributed by atoms with van der Waals surface area (Å²) in [7, 11) is 0. The van der Waals surface area contributed by atoms with Gasteiger partial charge >= 0.3 is 105 Å². The summed E-state index contributed by atoms with van der Waals surface area (Å²) in [6.07, 6.45) is 15.4. The van der Waals surface area contributed by atoms with Crippen LogP contribution >= 0.6 is 0 Å². The van der Waals surface area contributed by atoms with Crippen molar-refractivity contribution in [3.8, 4) is 0 Å². The van der Waals surface area contributed by atoms with Crippen molar-refractivity contribution in [2.75, 3.05) is 0 Å². The maximum absolute atomic E-state index is 2.50. The molecule has 3 aliphatic rings. The first-order chi connectivity index (χ1) is 7.21. The van der Waals surface area contributed by atoms with Crippen LogP contribution in [0.5, 0.6) is 0 Å². The molecule has 5 unspecified atom stereocenters. The SMILES string of the molecule is C[C]1([Ti+3])C2C=CC=CC2C2CCCCC21.[Cl-].[Cl-].[Cl-]. The third kappa shape index (κ3) is 2.89. The van der Waals surface area contributed by atoms with Gasteiger partial charge in [-0.15, -0.1) is 0 Å². The molecule has 0 nitrogen and oxygen atoms in total. The van der Waals surface area contributed by atoms with Crippen LogP contribution in [0.4, 0.5) is 0 Å². The third-order valence-electron chi connectivity index (χ3n) is 4.95. The van der Waals surface area contributed by atoms with Crippen LogP contribution in [0.25, 0.3) is 0 Å². The number of hydrogen-bond donors (Lipinski definition) is 0. The van der Waals surface area contributed by atoms with Crippen LogP contribution in [0.1, 0.15) is 32.6 Å². The molecule has 0 aromatic heterocycles. The summed E-state index contributed by atoms with van der Waals surface area (Å²) >= 11 is 2.50. The topological polar surface area (TPSA) is 0 Å². The molecule has 4 heteroatoms. The summed E-state index contributed by atoms with van der Waals surface area (Å²) in [6, 6.07) is 0. The van der Waals surface area contributed by atoms with E-state index in [1.807, 2.05) is 0 Å². The Bertz CT molecular complexity index is 325. The summed E-state index contributed by atoms with van der Waals surface area (Å²) < 4.78 is 0.539. The van der Waals surface area contributed by atoms with Gasteiger partial charge in [0.25, 0.3) is 0 Å². The zero-order valence-electron chi connectivity index (χ0n) is 10.6. The molecule has 5 atom stereocenters. The summed E-state index contributed by atoms with van der Waals surface area (Å²) in [4.78, 5) is 0. The van der Waals surface area contributed by atoms with Gasteiger partial charge in [-0.3, -0.25) is 0 Å². The van der Waals surface area contributed by atoms with Gasteiger partial charge in [-0.2, -0.15) is 0 Å². The van der Waals surface area contributed by atoms with Crippen molar-refractivity contribution < 1.29 is 57.7 Å². The molecule has 0 amide bonds. The summed E-state index contributed by atoms with van der Waals surface area (Å²) in [5.74, 6) is 3.64. The fourth-order valence-corrected chi connectivity index (χ4v) is 5.26. The van der Waals surface area contributed by atoms with Crippen molar-refractivity contribution >= 4 is 0 Å². The minimum absolute atomic E-state index is 0. The first-order valence-corrected chi connectivity index (χ1v) is 7.09. The van der Waals surface area contributed by atoms with E-state index >= 15 is 0 Å². The first-order valence-electron chi connectivity index (χ1n) is 6.31. The minimum Gasteiger partial charge on any atom is -1.00 e. The molecule has 0 heterocycles. The molecule has 0 bridgehead atoms. The molecule has 0 aromatic rings. The largest absolute Gasteiger partial charge is 1.00 e. The zero-order chi connectivity index (χ0) is 10.5. The van der Waals surface area contributed by atoms with Crippen LogP contribution in [-0.2, 0) is 20.4 Å². The molecule has 0 aliphatic heterocycles. The van der Waals surface area contributed by atoms with E-state index in [1.54, 1.807) is 0 Å². The second-order valence-corrected chi connectivity index (χ2v) is 7.39. The molecule has 0 radical (unpaired) electrons. The average Bonchev–Trinajstić information content (AvgIpc) is 2.51. The van der Waals surface area contributed by atoms with E-state index in [9.17, 15) is 0 Å². The first kappa shape index (κ1) is 19.1.